The summed E-state index contributed by atoms with van der Waals surface area (Å²) in [7, 11) is -2.96. The molecule has 1 aliphatic carbocycles. The van der Waals surface area contributed by atoms with Crippen LogP contribution >= 0.6 is 0 Å². The Morgan fingerprint density at radius 2 is 1.63 bits per heavy atom. The number of unbranched alkanes of at least 4 members (excludes halogenated alkanes) is 4. The predicted molar refractivity (Wildman–Crippen MR) is 114 cm³/mol. The van der Waals surface area contributed by atoms with Crippen molar-refractivity contribution >= 4 is 9.84 Å². The first-order valence-corrected chi connectivity index (χ1v) is 12.3. The van der Waals surface area contributed by atoms with E-state index in [2.05, 4.69) is 25.1 Å². The van der Waals surface area contributed by atoms with Crippen molar-refractivity contribution in [2.24, 2.45) is 0 Å². The number of hydrogen-bond acceptors (Lipinski definition) is 3. The van der Waals surface area contributed by atoms with Gasteiger partial charge in [-0.15, -0.1) is 0 Å². The third-order valence-electron chi connectivity index (χ3n) is 5.71. The van der Waals surface area contributed by atoms with Gasteiger partial charge in [-0.1, -0.05) is 25.3 Å². The third kappa shape index (κ3) is 7.14. The van der Waals surface area contributed by atoms with Gasteiger partial charge in [-0.3, -0.25) is 0 Å². The lowest BCUT2D eigenvalue weighted by Gasteiger charge is -2.18. The number of hydrogen-bond donors (Lipinski definition) is 0. The molecule has 0 amide bonds. The summed E-state index contributed by atoms with van der Waals surface area (Å²) in [6.07, 6.45) is 11.7. The van der Waals surface area contributed by atoms with E-state index in [0.717, 1.165) is 44.3 Å². The van der Waals surface area contributed by atoms with E-state index in [1.54, 1.807) is 20.8 Å². The van der Waals surface area contributed by atoms with Crippen molar-refractivity contribution in [2.45, 2.75) is 103 Å². The van der Waals surface area contributed by atoms with Crippen LogP contribution in [0, 0.1) is 6.92 Å². The Morgan fingerprint density at radius 1 is 1.00 bits per heavy atom. The Balaban J connectivity index is 1.64. The van der Waals surface area contributed by atoms with Crippen LogP contribution in [0.1, 0.15) is 89.7 Å². The largest absolute Gasteiger partial charge is 0.490 e. The molecule has 4 heteroatoms. The molecule has 0 aliphatic heterocycles. The maximum atomic E-state index is 12.1. The van der Waals surface area contributed by atoms with Crippen LogP contribution in [0.4, 0.5) is 0 Å². The van der Waals surface area contributed by atoms with Gasteiger partial charge in [-0.25, -0.2) is 8.42 Å². The monoisotopic (exact) mass is 394 g/mol. The molecule has 1 aromatic rings. The van der Waals surface area contributed by atoms with Crippen LogP contribution in [0.5, 0.6) is 5.75 Å². The molecular formula is C23H38O3S. The summed E-state index contributed by atoms with van der Waals surface area (Å²) in [4.78, 5) is 0. The van der Waals surface area contributed by atoms with Gasteiger partial charge in [0.1, 0.15) is 5.75 Å². The molecule has 0 aromatic heterocycles. The van der Waals surface area contributed by atoms with E-state index in [4.69, 9.17) is 4.74 Å². The highest BCUT2D eigenvalue weighted by atomic mass is 32.2. The van der Waals surface area contributed by atoms with E-state index in [-0.39, 0.29) is 0 Å². The van der Waals surface area contributed by atoms with Crippen molar-refractivity contribution < 1.29 is 13.2 Å². The van der Waals surface area contributed by atoms with Crippen LogP contribution in [0.15, 0.2) is 18.2 Å². The Morgan fingerprint density at radius 3 is 2.26 bits per heavy atom. The standard InChI is InChI=1S/C23H38O3S/c1-19-18-22(26-21-13-9-10-14-21)16-15-20(19)12-8-6-5-7-11-17-27(24,25)23(2,3)4/h15-16,18,21H,5-14,17H2,1-4H3. The molecule has 2 rings (SSSR count). The van der Waals surface area contributed by atoms with E-state index in [1.807, 2.05) is 0 Å². The van der Waals surface area contributed by atoms with Gasteiger partial charge >= 0.3 is 0 Å². The predicted octanol–water partition coefficient (Wildman–Crippen LogP) is 6.02. The molecule has 27 heavy (non-hydrogen) atoms. The van der Waals surface area contributed by atoms with Crippen LogP contribution < -0.4 is 4.74 Å². The van der Waals surface area contributed by atoms with Crippen LogP contribution in [-0.2, 0) is 16.3 Å². The summed E-state index contributed by atoms with van der Waals surface area (Å²) < 4.78 is 29.6. The molecule has 1 aliphatic rings. The first kappa shape index (κ1) is 22.3. The average Bonchev–Trinajstić information content (AvgIpc) is 3.07. The summed E-state index contributed by atoms with van der Waals surface area (Å²) in [5, 5.41) is 0. The lowest BCUT2D eigenvalue weighted by molar-refractivity contribution is 0.210. The lowest BCUT2D eigenvalue weighted by atomic mass is 10.0. The van der Waals surface area contributed by atoms with E-state index in [0.29, 0.717) is 11.9 Å². The second-order valence-corrected chi connectivity index (χ2v) is 11.9. The van der Waals surface area contributed by atoms with Gasteiger partial charge in [-0.2, -0.15) is 0 Å². The zero-order valence-electron chi connectivity index (χ0n) is 17.7. The van der Waals surface area contributed by atoms with E-state index in [9.17, 15) is 8.42 Å². The molecule has 1 aromatic carbocycles. The third-order valence-corrected chi connectivity index (χ3v) is 8.40. The average molecular weight is 395 g/mol. The molecule has 154 valence electrons. The molecule has 3 nitrogen and oxygen atoms in total. The van der Waals surface area contributed by atoms with Crippen molar-refractivity contribution in [2.75, 3.05) is 5.75 Å². The summed E-state index contributed by atoms with van der Waals surface area (Å²) in [6.45, 7) is 7.53. The second kappa shape index (κ2) is 9.95. The second-order valence-electron chi connectivity index (χ2n) is 9.06. The van der Waals surface area contributed by atoms with Crippen LogP contribution in [0.2, 0.25) is 0 Å². The normalized spacial score (nSPS) is 16.0. The minimum Gasteiger partial charge on any atom is -0.490 e. The maximum absolute atomic E-state index is 12.1. The number of aryl methyl sites for hydroxylation is 2. The Kier molecular flexibility index (Phi) is 8.20. The molecule has 1 fully saturated rings. The Bertz CT molecular complexity index is 680. The van der Waals surface area contributed by atoms with E-state index in [1.165, 1.54) is 36.8 Å². The summed E-state index contributed by atoms with van der Waals surface area (Å²) in [5.41, 5.74) is 2.73. The molecule has 0 N–H and O–H groups in total. The number of sulfone groups is 1. The zero-order valence-corrected chi connectivity index (χ0v) is 18.5. The van der Waals surface area contributed by atoms with Crippen molar-refractivity contribution in [3.05, 3.63) is 29.3 Å². The molecule has 0 spiro atoms. The number of rotatable bonds is 10. The van der Waals surface area contributed by atoms with Crippen molar-refractivity contribution in [3.63, 3.8) is 0 Å². The van der Waals surface area contributed by atoms with Gasteiger partial charge in [0, 0.05) is 0 Å². The SMILES string of the molecule is Cc1cc(OC2CCCC2)ccc1CCCCCCCS(=O)(=O)C(C)(C)C. The van der Waals surface area contributed by atoms with Crippen molar-refractivity contribution in [1.82, 2.24) is 0 Å². The Hall–Kier alpha value is -1.03. The molecule has 0 bridgehead atoms. The molecule has 0 radical (unpaired) electrons. The van der Waals surface area contributed by atoms with Crippen LogP contribution in [-0.4, -0.2) is 25.0 Å². The molecule has 0 unspecified atom stereocenters. The summed E-state index contributed by atoms with van der Waals surface area (Å²) in [6, 6.07) is 6.53. The maximum Gasteiger partial charge on any atom is 0.155 e. The molecule has 1 saturated carbocycles. The molecular weight excluding hydrogens is 356 g/mol. The van der Waals surface area contributed by atoms with E-state index < -0.39 is 14.6 Å². The highest BCUT2D eigenvalue weighted by Gasteiger charge is 2.27. The summed E-state index contributed by atoms with van der Waals surface area (Å²) >= 11 is 0. The topological polar surface area (TPSA) is 43.4 Å². The fourth-order valence-corrected chi connectivity index (χ4v) is 4.86. The number of benzene rings is 1. The quantitative estimate of drug-likeness (QED) is 0.456. The smallest absolute Gasteiger partial charge is 0.155 e. The summed E-state index contributed by atoms with van der Waals surface area (Å²) in [5.74, 6) is 1.33. The van der Waals surface area contributed by atoms with Crippen LogP contribution in [0.25, 0.3) is 0 Å². The van der Waals surface area contributed by atoms with Gasteiger partial charge in [0.2, 0.25) is 0 Å². The highest BCUT2D eigenvalue weighted by Crippen LogP contribution is 2.26. The van der Waals surface area contributed by atoms with Crippen molar-refractivity contribution in [1.29, 1.82) is 0 Å². The molecule has 0 atom stereocenters. The fraction of sp³-hybridized carbons (Fsp3) is 0.739. The minimum atomic E-state index is -2.96. The fourth-order valence-electron chi connectivity index (χ4n) is 3.66. The number of ether oxygens (including phenoxy) is 1. The van der Waals surface area contributed by atoms with Gasteiger partial charge in [-0.05, 0) is 95.9 Å². The first-order valence-electron chi connectivity index (χ1n) is 10.7. The van der Waals surface area contributed by atoms with Gasteiger partial charge in [0.15, 0.2) is 9.84 Å². The van der Waals surface area contributed by atoms with Crippen LogP contribution in [0.3, 0.4) is 0 Å². The van der Waals surface area contributed by atoms with E-state index >= 15 is 0 Å². The van der Waals surface area contributed by atoms with Gasteiger partial charge in [0.05, 0.1) is 16.6 Å². The highest BCUT2D eigenvalue weighted by molar-refractivity contribution is 7.92. The Labute approximate surface area is 166 Å². The lowest BCUT2D eigenvalue weighted by Crippen LogP contribution is -2.30. The van der Waals surface area contributed by atoms with Gasteiger partial charge in [0.25, 0.3) is 0 Å². The molecule has 0 saturated heterocycles. The van der Waals surface area contributed by atoms with Crippen molar-refractivity contribution in [3.8, 4) is 5.75 Å². The first-order chi connectivity index (χ1) is 12.7. The zero-order chi connectivity index (χ0) is 19.9. The van der Waals surface area contributed by atoms with Gasteiger partial charge < -0.3 is 4.74 Å². The molecule has 0 heterocycles. The minimum absolute atomic E-state index is 0.318.